The van der Waals surface area contributed by atoms with Gasteiger partial charge in [0.05, 0.1) is 11.7 Å². The van der Waals surface area contributed by atoms with E-state index in [1.165, 1.54) is 11.3 Å². The van der Waals surface area contributed by atoms with Gasteiger partial charge in [-0.05, 0) is 30.3 Å². The van der Waals surface area contributed by atoms with Crippen LogP contribution in [-0.4, -0.2) is 27.9 Å². The molecule has 8 nitrogen and oxygen atoms in total. The third-order valence-corrected chi connectivity index (χ3v) is 4.82. The topological polar surface area (TPSA) is 101 Å². The van der Waals surface area contributed by atoms with Gasteiger partial charge in [0.2, 0.25) is 6.79 Å². The Hall–Kier alpha value is -3.59. The van der Waals surface area contributed by atoms with Crippen molar-refractivity contribution in [1.29, 1.82) is 0 Å². The molecule has 0 unspecified atom stereocenters. The molecular formula is C18H13N5O3S. The van der Waals surface area contributed by atoms with Gasteiger partial charge < -0.3 is 20.1 Å². The number of aromatic amines is 1. The van der Waals surface area contributed by atoms with Crippen molar-refractivity contribution in [3.63, 3.8) is 0 Å². The molecule has 9 heteroatoms. The van der Waals surface area contributed by atoms with Crippen LogP contribution >= 0.6 is 11.3 Å². The molecule has 0 aliphatic carbocycles. The Labute approximate surface area is 157 Å². The molecule has 0 fully saturated rings. The number of rotatable bonds is 4. The van der Waals surface area contributed by atoms with E-state index in [2.05, 4.69) is 25.8 Å². The van der Waals surface area contributed by atoms with Crippen LogP contribution in [-0.2, 0) is 0 Å². The molecular weight excluding hydrogens is 366 g/mol. The van der Waals surface area contributed by atoms with E-state index in [1.807, 2.05) is 36.4 Å². The summed E-state index contributed by atoms with van der Waals surface area (Å²) in [5.74, 6) is 1.13. The lowest BCUT2D eigenvalue weighted by Crippen LogP contribution is -2.12. The summed E-state index contributed by atoms with van der Waals surface area (Å²) in [4.78, 5) is 16.8. The number of carbonyl (C=O) groups is 1. The quantitative estimate of drug-likeness (QED) is 0.499. The fraction of sp³-hybridized carbons (Fsp3) is 0.0556. The highest BCUT2D eigenvalue weighted by Gasteiger charge is 2.15. The number of hydrogen-bond donors (Lipinski definition) is 3. The average molecular weight is 379 g/mol. The predicted molar refractivity (Wildman–Crippen MR) is 102 cm³/mol. The van der Waals surface area contributed by atoms with Crippen LogP contribution in [0, 0.1) is 0 Å². The first-order valence-corrected chi connectivity index (χ1v) is 8.99. The van der Waals surface area contributed by atoms with E-state index in [0.29, 0.717) is 28.0 Å². The summed E-state index contributed by atoms with van der Waals surface area (Å²) in [6.07, 6.45) is 1.73. The Bertz CT molecular complexity index is 1150. The maximum absolute atomic E-state index is 12.5. The van der Waals surface area contributed by atoms with Crippen molar-refractivity contribution in [2.24, 2.45) is 0 Å². The van der Waals surface area contributed by atoms with Crippen molar-refractivity contribution >= 4 is 44.7 Å². The fourth-order valence-corrected chi connectivity index (χ4v) is 3.45. The van der Waals surface area contributed by atoms with E-state index in [-0.39, 0.29) is 12.7 Å². The highest BCUT2D eigenvalue weighted by Crippen LogP contribution is 2.35. The van der Waals surface area contributed by atoms with Crippen molar-refractivity contribution in [2.45, 2.75) is 0 Å². The predicted octanol–water partition coefficient (Wildman–Crippen LogP) is 3.74. The second-order valence-electron chi connectivity index (χ2n) is 5.86. The number of carbonyl (C=O) groups excluding carboxylic acids is 1. The molecule has 0 radical (unpaired) electrons. The van der Waals surface area contributed by atoms with Crippen molar-refractivity contribution in [1.82, 2.24) is 15.2 Å². The summed E-state index contributed by atoms with van der Waals surface area (Å²) in [5, 5.41) is 16.2. The molecule has 2 aromatic heterocycles. The standard InChI is InChI=1S/C18H13N5O3S/c24-17(20-11-2-1-10-7-19-23-13(10)5-11)14-8-27-18(22-14)21-12-3-4-15-16(6-12)26-9-25-15/h1-8H,9H2,(H,19,23)(H,20,24)(H,21,22). The zero-order valence-corrected chi connectivity index (χ0v) is 14.7. The van der Waals surface area contributed by atoms with Gasteiger partial charge in [0.25, 0.3) is 5.91 Å². The molecule has 4 aromatic rings. The summed E-state index contributed by atoms with van der Waals surface area (Å²) in [6.45, 7) is 0.227. The van der Waals surface area contributed by atoms with E-state index >= 15 is 0 Å². The van der Waals surface area contributed by atoms with E-state index in [9.17, 15) is 4.79 Å². The molecule has 0 saturated carbocycles. The third kappa shape index (κ3) is 3.04. The number of benzene rings is 2. The minimum Gasteiger partial charge on any atom is -0.454 e. The molecule has 1 amide bonds. The number of hydrogen-bond acceptors (Lipinski definition) is 7. The second kappa shape index (κ2) is 6.29. The number of aromatic nitrogens is 3. The molecule has 0 atom stereocenters. The molecule has 0 spiro atoms. The minimum absolute atomic E-state index is 0.227. The molecule has 0 bridgehead atoms. The van der Waals surface area contributed by atoms with Crippen molar-refractivity contribution in [3.8, 4) is 11.5 Å². The number of amides is 1. The van der Waals surface area contributed by atoms with E-state index in [0.717, 1.165) is 16.6 Å². The summed E-state index contributed by atoms with van der Waals surface area (Å²) >= 11 is 1.35. The van der Waals surface area contributed by atoms with Gasteiger partial charge in [0, 0.05) is 28.2 Å². The number of fused-ring (bicyclic) bond motifs is 2. The lowest BCUT2D eigenvalue weighted by Gasteiger charge is -2.04. The van der Waals surface area contributed by atoms with Crippen molar-refractivity contribution in [3.05, 3.63) is 53.7 Å². The molecule has 3 heterocycles. The average Bonchev–Trinajstić information content (AvgIpc) is 3.41. The van der Waals surface area contributed by atoms with Crippen LogP contribution < -0.4 is 20.1 Å². The number of ether oxygens (including phenoxy) is 2. The molecule has 5 rings (SSSR count). The number of anilines is 3. The third-order valence-electron chi connectivity index (χ3n) is 4.06. The second-order valence-corrected chi connectivity index (χ2v) is 6.72. The number of H-pyrrole nitrogens is 1. The summed E-state index contributed by atoms with van der Waals surface area (Å²) in [6, 6.07) is 11.1. The normalized spacial score (nSPS) is 12.3. The first-order chi connectivity index (χ1) is 13.2. The molecule has 1 aliphatic heterocycles. The van der Waals surface area contributed by atoms with Crippen LogP contribution in [0.5, 0.6) is 11.5 Å². The van der Waals surface area contributed by atoms with Crippen LogP contribution in [0.4, 0.5) is 16.5 Å². The van der Waals surface area contributed by atoms with Crippen molar-refractivity contribution in [2.75, 3.05) is 17.4 Å². The van der Waals surface area contributed by atoms with Crippen molar-refractivity contribution < 1.29 is 14.3 Å². The highest BCUT2D eigenvalue weighted by molar-refractivity contribution is 7.14. The fourth-order valence-electron chi connectivity index (χ4n) is 2.74. The van der Waals surface area contributed by atoms with Gasteiger partial charge in [0.15, 0.2) is 16.6 Å². The van der Waals surface area contributed by atoms with E-state index in [4.69, 9.17) is 9.47 Å². The SMILES string of the molecule is O=C(Nc1ccc2cn[nH]c2c1)c1csc(Nc2ccc3c(c2)OCO3)n1. The lowest BCUT2D eigenvalue weighted by atomic mass is 10.2. The minimum atomic E-state index is -0.274. The molecule has 3 N–H and O–H groups in total. The first-order valence-electron chi connectivity index (χ1n) is 8.11. The number of nitrogens with zero attached hydrogens (tertiary/aromatic N) is 2. The van der Waals surface area contributed by atoms with E-state index in [1.54, 1.807) is 11.6 Å². The maximum Gasteiger partial charge on any atom is 0.275 e. The maximum atomic E-state index is 12.5. The van der Waals surface area contributed by atoms with Gasteiger partial charge in [-0.15, -0.1) is 11.3 Å². The molecule has 0 saturated heterocycles. The van der Waals surface area contributed by atoms with Gasteiger partial charge in [-0.1, -0.05) is 0 Å². The lowest BCUT2D eigenvalue weighted by molar-refractivity contribution is 0.102. The van der Waals surface area contributed by atoms with Crippen LogP contribution in [0.15, 0.2) is 48.0 Å². The van der Waals surface area contributed by atoms with Crippen LogP contribution in [0.2, 0.25) is 0 Å². The zero-order chi connectivity index (χ0) is 18.2. The molecule has 134 valence electrons. The van der Waals surface area contributed by atoms with Gasteiger partial charge >= 0.3 is 0 Å². The molecule has 1 aliphatic rings. The Balaban J connectivity index is 1.30. The number of nitrogens with one attached hydrogen (secondary N) is 3. The largest absolute Gasteiger partial charge is 0.454 e. The Kier molecular flexibility index (Phi) is 3.65. The van der Waals surface area contributed by atoms with Crippen LogP contribution in [0.3, 0.4) is 0 Å². The summed E-state index contributed by atoms with van der Waals surface area (Å²) in [7, 11) is 0. The van der Waals surface area contributed by atoms with Gasteiger partial charge in [-0.25, -0.2) is 4.98 Å². The summed E-state index contributed by atoms with van der Waals surface area (Å²) < 4.78 is 10.7. The monoisotopic (exact) mass is 379 g/mol. The smallest absolute Gasteiger partial charge is 0.275 e. The van der Waals surface area contributed by atoms with Gasteiger partial charge in [0.1, 0.15) is 5.69 Å². The molecule has 2 aromatic carbocycles. The highest BCUT2D eigenvalue weighted by atomic mass is 32.1. The zero-order valence-electron chi connectivity index (χ0n) is 13.9. The van der Waals surface area contributed by atoms with Crippen LogP contribution in [0.25, 0.3) is 10.9 Å². The first kappa shape index (κ1) is 15.6. The Morgan fingerprint density at radius 3 is 2.96 bits per heavy atom. The summed E-state index contributed by atoms with van der Waals surface area (Å²) in [5.41, 5.74) is 2.68. The van der Waals surface area contributed by atoms with Gasteiger partial charge in [-0.3, -0.25) is 9.89 Å². The Morgan fingerprint density at radius 1 is 1.11 bits per heavy atom. The van der Waals surface area contributed by atoms with Crippen LogP contribution in [0.1, 0.15) is 10.5 Å². The van der Waals surface area contributed by atoms with E-state index < -0.39 is 0 Å². The Morgan fingerprint density at radius 2 is 2.00 bits per heavy atom. The number of thiazole rings is 1. The molecule has 27 heavy (non-hydrogen) atoms. The van der Waals surface area contributed by atoms with Gasteiger partial charge in [-0.2, -0.15) is 5.10 Å².